The van der Waals surface area contributed by atoms with Gasteiger partial charge in [0.25, 0.3) is 10.0 Å². The van der Waals surface area contributed by atoms with E-state index in [1.165, 1.54) is 12.1 Å². The number of aromatic nitrogens is 1. The minimum absolute atomic E-state index is 0.101. The predicted octanol–water partition coefficient (Wildman–Crippen LogP) is 1.87. The third-order valence-corrected chi connectivity index (χ3v) is 4.24. The third kappa shape index (κ3) is 2.37. The lowest BCUT2D eigenvalue weighted by Crippen LogP contribution is -2.17. The van der Waals surface area contributed by atoms with Crippen molar-refractivity contribution in [2.75, 3.05) is 0 Å². The number of aromatic carboxylic acids is 1. The number of benzene rings is 1. The highest BCUT2D eigenvalue weighted by atomic mass is 32.2. The van der Waals surface area contributed by atoms with E-state index in [9.17, 15) is 17.6 Å². The maximum absolute atomic E-state index is 13.1. The Labute approximate surface area is 109 Å². The average Bonchev–Trinajstić information content (AvgIpc) is 2.73. The number of carboxylic acid groups (broad SMARTS) is 1. The first-order valence-corrected chi connectivity index (χ1v) is 6.70. The van der Waals surface area contributed by atoms with Gasteiger partial charge >= 0.3 is 5.97 Å². The van der Waals surface area contributed by atoms with Gasteiger partial charge in [-0.1, -0.05) is 17.7 Å². The van der Waals surface area contributed by atoms with E-state index >= 15 is 0 Å². The largest absolute Gasteiger partial charge is 0.477 e. The smallest absolute Gasteiger partial charge is 0.353 e. The number of carbonyl (C=O) groups is 1. The molecule has 1 aromatic carbocycles. The first-order valence-electron chi connectivity index (χ1n) is 5.26. The fourth-order valence-corrected chi connectivity index (χ4v) is 2.93. The van der Waals surface area contributed by atoms with Crippen LogP contribution in [0.5, 0.6) is 0 Å². The monoisotopic (exact) mass is 283 g/mol. The van der Waals surface area contributed by atoms with Gasteiger partial charge in [0, 0.05) is 6.07 Å². The molecule has 0 amide bonds. The molecular formula is C12H10FNO4S. The molecule has 100 valence electrons. The van der Waals surface area contributed by atoms with Crippen LogP contribution in [-0.4, -0.2) is 23.5 Å². The van der Waals surface area contributed by atoms with Crippen molar-refractivity contribution in [3.63, 3.8) is 0 Å². The Kier molecular flexibility index (Phi) is 3.15. The van der Waals surface area contributed by atoms with Crippen molar-refractivity contribution >= 4 is 16.0 Å². The zero-order valence-corrected chi connectivity index (χ0v) is 10.7. The Bertz CT molecular complexity index is 732. The van der Waals surface area contributed by atoms with E-state index in [0.717, 1.165) is 5.56 Å². The standard InChI is InChI=1S/C12H10FNO4S/c1-8-2-4-10(5-3-8)19(17,18)14-7-9(13)6-11(14)12(15)16/h2-7H,1H3,(H,15,16). The summed E-state index contributed by atoms with van der Waals surface area (Å²) in [6, 6.07) is 6.50. The number of carboxylic acids is 1. The van der Waals surface area contributed by atoms with Gasteiger partial charge in [0.05, 0.1) is 11.1 Å². The van der Waals surface area contributed by atoms with E-state index in [1.807, 2.05) is 0 Å². The van der Waals surface area contributed by atoms with Gasteiger partial charge in [-0.05, 0) is 19.1 Å². The molecule has 0 saturated heterocycles. The van der Waals surface area contributed by atoms with Crippen molar-refractivity contribution in [3.8, 4) is 0 Å². The molecule has 1 heterocycles. The second-order valence-electron chi connectivity index (χ2n) is 3.96. The highest BCUT2D eigenvalue weighted by Crippen LogP contribution is 2.18. The zero-order chi connectivity index (χ0) is 14.2. The number of hydrogen-bond acceptors (Lipinski definition) is 3. The Morgan fingerprint density at radius 3 is 2.37 bits per heavy atom. The molecule has 0 fully saturated rings. The lowest BCUT2D eigenvalue weighted by atomic mass is 10.2. The highest BCUT2D eigenvalue weighted by molar-refractivity contribution is 7.90. The van der Waals surface area contributed by atoms with Crippen LogP contribution in [0.4, 0.5) is 4.39 Å². The van der Waals surface area contributed by atoms with Crippen molar-refractivity contribution in [1.29, 1.82) is 0 Å². The van der Waals surface area contributed by atoms with Gasteiger partial charge < -0.3 is 5.11 Å². The summed E-state index contributed by atoms with van der Waals surface area (Å²) in [7, 11) is -4.11. The minimum Gasteiger partial charge on any atom is -0.477 e. The molecule has 0 atom stereocenters. The van der Waals surface area contributed by atoms with Crippen LogP contribution in [0.25, 0.3) is 0 Å². The van der Waals surface area contributed by atoms with E-state index in [1.54, 1.807) is 19.1 Å². The van der Waals surface area contributed by atoms with Crippen LogP contribution in [0.3, 0.4) is 0 Å². The number of halogens is 1. The molecule has 1 aromatic heterocycles. The predicted molar refractivity (Wildman–Crippen MR) is 65.1 cm³/mol. The topological polar surface area (TPSA) is 76.4 Å². The summed E-state index contributed by atoms with van der Waals surface area (Å²) >= 11 is 0. The molecule has 0 aliphatic rings. The zero-order valence-electron chi connectivity index (χ0n) is 9.87. The molecule has 0 saturated carbocycles. The quantitative estimate of drug-likeness (QED) is 0.933. The Balaban J connectivity index is 2.63. The molecule has 0 aliphatic carbocycles. The summed E-state index contributed by atoms with van der Waals surface area (Å²) in [4.78, 5) is 10.8. The molecule has 0 unspecified atom stereocenters. The van der Waals surface area contributed by atoms with Gasteiger partial charge in [-0.25, -0.2) is 21.6 Å². The summed E-state index contributed by atoms with van der Waals surface area (Å²) in [5.74, 6) is -2.44. The molecule has 0 bridgehead atoms. The van der Waals surface area contributed by atoms with Crippen molar-refractivity contribution in [1.82, 2.24) is 3.97 Å². The molecular weight excluding hydrogens is 273 g/mol. The second-order valence-corrected chi connectivity index (χ2v) is 5.78. The molecule has 1 N–H and O–H groups in total. The number of rotatable bonds is 3. The Morgan fingerprint density at radius 2 is 1.84 bits per heavy atom. The molecule has 2 rings (SSSR count). The van der Waals surface area contributed by atoms with Crippen LogP contribution in [0.2, 0.25) is 0 Å². The summed E-state index contributed by atoms with van der Waals surface area (Å²) in [6.45, 7) is 1.79. The SMILES string of the molecule is Cc1ccc(S(=O)(=O)n2cc(F)cc2C(=O)O)cc1. The van der Waals surface area contributed by atoms with Crippen LogP contribution in [0.1, 0.15) is 16.1 Å². The molecule has 7 heteroatoms. The molecule has 19 heavy (non-hydrogen) atoms. The van der Waals surface area contributed by atoms with E-state index in [-0.39, 0.29) is 4.90 Å². The van der Waals surface area contributed by atoms with Crippen LogP contribution in [0.15, 0.2) is 41.4 Å². The first kappa shape index (κ1) is 13.3. The van der Waals surface area contributed by atoms with Gasteiger partial charge in [0.2, 0.25) is 0 Å². The summed E-state index contributed by atoms with van der Waals surface area (Å²) < 4.78 is 38.0. The Hall–Kier alpha value is -2.15. The van der Waals surface area contributed by atoms with Crippen LogP contribution in [0, 0.1) is 12.7 Å². The third-order valence-electron chi connectivity index (χ3n) is 2.55. The van der Waals surface area contributed by atoms with Crippen molar-refractivity contribution in [2.24, 2.45) is 0 Å². The second kappa shape index (κ2) is 4.51. The number of hydrogen-bond donors (Lipinski definition) is 1. The minimum atomic E-state index is -4.11. The summed E-state index contributed by atoms with van der Waals surface area (Å²) in [6.07, 6.45) is 0.638. The normalized spacial score (nSPS) is 11.5. The van der Waals surface area contributed by atoms with E-state index in [4.69, 9.17) is 5.11 Å². The molecule has 0 aliphatic heterocycles. The fourth-order valence-electron chi connectivity index (χ4n) is 1.59. The van der Waals surface area contributed by atoms with E-state index < -0.39 is 27.5 Å². The van der Waals surface area contributed by atoms with Crippen LogP contribution in [-0.2, 0) is 10.0 Å². The fraction of sp³-hybridized carbons (Fsp3) is 0.0833. The van der Waals surface area contributed by atoms with E-state index in [0.29, 0.717) is 16.2 Å². The van der Waals surface area contributed by atoms with E-state index in [2.05, 4.69) is 0 Å². The molecule has 0 spiro atoms. The lowest BCUT2D eigenvalue weighted by molar-refractivity contribution is 0.0689. The Morgan fingerprint density at radius 1 is 1.26 bits per heavy atom. The number of nitrogens with zero attached hydrogens (tertiary/aromatic N) is 1. The van der Waals surface area contributed by atoms with Gasteiger partial charge in [-0.2, -0.15) is 0 Å². The summed E-state index contributed by atoms with van der Waals surface area (Å²) in [5.41, 5.74) is 0.217. The molecule has 2 aromatic rings. The average molecular weight is 283 g/mol. The summed E-state index contributed by atoms with van der Waals surface area (Å²) in [5, 5.41) is 8.88. The van der Waals surface area contributed by atoms with Crippen LogP contribution < -0.4 is 0 Å². The van der Waals surface area contributed by atoms with Gasteiger partial charge in [0.1, 0.15) is 11.5 Å². The van der Waals surface area contributed by atoms with Crippen molar-refractivity contribution in [2.45, 2.75) is 11.8 Å². The lowest BCUT2D eigenvalue weighted by Gasteiger charge is -2.08. The maximum atomic E-state index is 13.1. The van der Waals surface area contributed by atoms with Crippen LogP contribution >= 0.6 is 0 Å². The highest BCUT2D eigenvalue weighted by Gasteiger charge is 2.24. The molecule has 5 nitrogen and oxygen atoms in total. The molecule has 0 radical (unpaired) electrons. The maximum Gasteiger partial charge on any atom is 0.353 e. The number of aryl methyl sites for hydroxylation is 1. The first-order chi connectivity index (χ1) is 8.82. The van der Waals surface area contributed by atoms with Gasteiger partial charge in [-0.3, -0.25) is 0 Å². The van der Waals surface area contributed by atoms with Gasteiger partial charge in [-0.15, -0.1) is 0 Å². The van der Waals surface area contributed by atoms with Gasteiger partial charge in [0.15, 0.2) is 0 Å². The van der Waals surface area contributed by atoms with Crippen molar-refractivity contribution in [3.05, 3.63) is 53.6 Å². The van der Waals surface area contributed by atoms with Crippen molar-refractivity contribution < 1.29 is 22.7 Å².